The van der Waals surface area contributed by atoms with E-state index >= 15 is 0 Å². The quantitative estimate of drug-likeness (QED) is 0.529. The third-order valence-electron chi connectivity index (χ3n) is 5.02. The van der Waals surface area contributed by atoms with Crippen LogP contribution < -0.4 is 9.64 Å². The highest BCUT2D eigenvalue weighted by molar-refractivity contribution is 6.31. The molecule has 0 bridgehead atoms. The summed E-state index contributed by atoms with van der Waals surface area (Å²) in [6, 6.07) is 11.9. The molecule has 2 aromatic carbocycles. The van der Waals surface area contributed by atoms with Crippen molar-refractivity contribution in [1.82, 2.24) is 0 Å². The Morgan fingerprint density at radius 3 is 2.52 bits per heavy atom. The van der Waals surface area contributed by atoms with Crippen LogP contribution in [0.15, 0.2) is 42.5 Å². The maximum atomic E-state index is 12.6. The van der Waals surface area contributed by atoms with Gasteiger partial charge in [-0.25, -0.2) is 0 Å². The van der Waals surface area contributed by atoms with E-state index in [-0.39, 0.29) is 24.7 Å². The Labute approximate surface area is 174 Å². The highest BCUT2D eigenvalue weighted by Gasteiger charge is 2.38. The highest BCUT2D eigenvalue weighted by Crippen LogP contribution is 2.32. The number of hydrogen-bond acceptors (Lipinski definition) is 5. The van der Waals surface area contributed by atoms with E-state index in [2.05, 4.69) is 0 Å². The number of ketones is 1. The summed E-state index contributed by atoms with van der Waals surface area (Å²) in [5.41, 5.74) is 1.88. The number of carbonyl (C=O) groups is 3. The number of ether oxygens (including phenoxy) is 2. The highest BCUT2D eigenvalue weighted by atomic mass is 35.5. The average Bonchev–Trinajstić information content (AvgIpc) is 3.11. The molecule has 0 spiro atoms. The molecule has 1 heterocycles. The first-order valence-corrected chi connectivity index (χ1v) is 9.64. The first-order valence-electron chi connectivity index (χ1n) is 9.26. The summed E-state index contributed by atoms with van der Waals surface area (Å²) in [5.74, 6) is -1.05. The standard InChI is InChI=1S/C22H22ClNO5/c1-13-18(23)5-4-6-19(13)24-12-16(11-20(24)25)22(27)29-14(2)21(26)15-7-9-17(28-3)10-8-15/h4-10,14,16H,11-12H2,1-3H3/t14-,16+/m0/s1. The number of methoxy groups -OCH3 is 1. The van der Waals surface area contributed by atoms with Crippen molar-refractivity contribution >= 4 is 34.9 Å². The molecule has 7 heteroatoms. The van der Waals surface area contributed by atoms with E-state index in [1.54, 1.807) is 47.4 Å². The first-order chi connectivity index (χ1) is 13.8. The topological polar surface area (TPSA) is 72.9 Å². The zero-order valence-electron chi connectivity index (χ0n) is 16.5. The second kappa shape index (κ2) is 8.66. The molecular formula is C22H22ClNO5. The molecule has 0 aliphatic carbocycles. The van der Waals surface area contributed by atoms with Crippen LogP contribution in [0.3, 0.4) is 0 Å². The summed E-state index contributed by atoms with van der Waals surface area (Å²) < 4.78 is 10.4. The van der Waals surface area contributed by atoms with Crippen LogP contribution in [-0.4, -0.2) is 37.4 Å². The van der Waals surface area contributed by atoms with E-state index in [1.165, 1.54) is 14.0 Å². The number of carbonyl (C=O) groups excluding carboxylic acids is 3. The lowest BCUT2D eigenvalue weighted by Crippen LogP contribution is -2.30. The monoisotopic (exact) mass is 415 g/mol. The fraction of sp³-hybridized carbons (Fsp3) is 0.318. The van der Waals surface area contributed by atoms with Gasteiger partial charge in [-0.2, -0.15) is 0 Å². The summed E-state index contributed by atoms with van der Waals surface area (Å²) in [6.07, 6.45) is -0.915. The van der Waals surface area contributed by atoms with Gasteiger partial charge < -0.3 is 14.4 Å². The molecule has 1 amide bonds. The van der Waals surface area contributed by atoms with Gasteiger partial charge in [-0.15, -0.1) is 0 Å². The van der Waals surface area contributed by atoms with Crippen molar-refractivity contribution in [2.75, 3.05) is 18.6 Å². The van der Waals surface area contributed by atoms with Crippen molar-refractivity contribution in [2.45, 2.75) is 26.4 Å². The number of Topliss-reactive ketones (excluding diaryl/α,β-unsaturated/α-hetero) is 1. The molecule has 0 unspecified atom stereocenters. The lowest BCUT2D eigenvalue weighted by atomic mass is 10.1. The number of hydrogen-bond donors (Lipinski definition) is 0. The molecule has 29 heavy (non-hydrogen) atoms. The summed E-state index contributed by atoms with van der Waals surface area (Å²) in [4.78, 5) is 39.1. The van der Waals surface area contributed by atoms with Gasteiger partial charge in [0.2, 0.25) is 11.7 Å². The molecule has 152 valence electrons. The number of esters is 1. The normalized spacial score (nSPS) is 17.2. The molecule has 1 fully saturated rings. The smallest absolute Gasteiger partial charge is 0.312 e. The maximum Gasteiger partial charge on any atom is 0.312 e. The third-order valence-corrected chi connectivity index (χ3v) is 5.43. The summed E-state index contributed by atoms with van der Waals surface area (Å²) in [5, 5.41) is 0.556. The predicted molar refractivity (Wildman–Crippen MR) is 110 cm³/mol. The van der Waals surface area contributed by atoms with Gasteiger partial charge in [0.15, 0.2) is 6.10 Å². The Morgan fingerprint density at radius 1 is 1.17 bits per heavy atom. The number of anilines is 1. The molecule has 3 rings (SSSR count). The maximum absolute atomic E-state index is 12.6. The van der Waals surface area contributed by atoms with Crippen molar-refractivity contribution in [3.05, 3.63) is 58.6 Å². The van der Waals surface area contributed by atoms with Gasteiger partial charge in [-0.05, 0) is 55.8 Å². The molecule has 2 atom stereocenters. The molecule has 6 nitrogen and oxygen atoms in total. The molecule has 0 aromatic heterocycles. The Bertz CT molecular complexity index is 941. The van der Waals surface area contributed by atoms with Gasteiger partial charge in [0, 0.05) is 29.2 Å². The fourth-order valence-corrected chi connectivity index (χ4v) is 3.47. The van der Waals surface area contributed by atoms with Crippen LogP contribution in [0.1, 0.15) is 29.3 Å². The van der Waals surface area contributed by atoms with Gasteiger partial charge in [0.1, 0.15) is 5.75 Å². The molecule has 2 aromatic rings. The van der Waals surface area contributed by atoms with Crippen LogP contribution in [0, 0.1) is 12.8 Å². The third kappa shape index (κ3) is 4.43. The SMILES string of the molecule is COc1ccc(C(=O)[C@H](C)OC(=O)[C@@H]2CC(=O)N(c3cccc(Cl)c3C)C2)cc1. The van der Waals surface area contributed by atoms with Gasteiger partial charge >= 0.3 is 5.97 Å². The molecule has 0 saturated carbocycles. The summed E-state index contributed by atoms with van der Waals surface area (Å²) in [6.45, 7) is 3.55. The van der Waals surface area contributed by atoms with E-state index in [0.717, 1.165) is 5.56 Å². The molecule has 1 saturated heterocycles. The van der Waals surface area contributed by atoms with Gasteiger partial charge in [0.05, 0.1) is 13.0 Å². The zero-order valence-corrected chi connectivity index (χ0v) is 17.2. The Morgan fingerprint density at radius 2 is 1.86 bits per heavy atom. The zero-order chi connectivity index (χ0) is 21.1. The Balaban J connectivity index is 1.65. The summed E-state index contributed by atoms with van der Waals surface area (Å²) in [7, 11) is 1.54. The van der Waals surface area contributed by atoms with Gasteiger partial charge in [-0.1, -0.05) is 17.7 Å². The van der Waals surface area contributed by atoms with E-state index in [0.29, 0.717) is 22.0 Å². The largest absolute Gasteiger partial charge is 0.497 e. The molecule has 0 radical (unpaired) electrons. The van der Waals surface area contributed by atoms with Crippen molar-refractivity contribution in [1.29, 1.82) is 0 Å². The first kappa shape index (κ1) is 20.9. The number of amides is 1. The van der Waals surface area contributed by atoms with Crippen LogP contribution in [-0.2, 0) is 14.3 Å². The minimum absolute atomic E-state index is 0.0359. The number of halogens is 1. The Hall–Kier alpha value is -2.86. The van der Waals surface area contributed by atoms with E-state index < -0.39 is 18.0 Å². The van der Waals surface area contributed by atoms with Crippen LogP contribution in [0.25, 0.3) is 0 Å². The van der Waals surface area contributed by atoms with Crippen LogP contribution in [0.5, 0.6) is 5.75 Å². The molecular weight excluding hydrogens is 394 g/mol. The van der Waals surface area contributed by atoms with Gasteiger partial charge in [-0.3, -0.25) is 14.4 Å². The molecule has 1 aliphatic rings. The van der Waals surface area contributed by atoms with Crippen molar-refractivity contribution in [3.63, 3.8) is 0 Å². The van der Waals surface area contributed by atoms with Crippen LogP contribution in [0.2, 0.25) is 5.02 Å². The van der Waals surface area contributed by atoms with E-state index in [1.807, 2.05) is 6.92 Å². The molecule has 1 aliphatic heterocycles. The average molecular weight is 416 g/mol. The second-order valence-electron chi connectivity index (χ2n) is 6.96. The van der Waals surface area contributed by atoms with Crippen molar-refractivity contribution in [2.24, 2.45) is 5.92 Å². The lowest BCUT2D eigenvalue weighted by molar-refractivity contribution is -0.151. The fourth-order valence-electron chi connectivity index (χ4n) is 3.30. The van der Waals surface area contributed by atoms with Crippen LogP contribution in [0.4, 0.5) is 5.69 Å². The van der Waals surface area contributed by atoms with E-state index in [4.69, 9.17) is 21.1 Å². The Kier molecular flexibility index (Phi) is 6.23. The second-order valence-corrected chi connectivity index (χ2v) is 7.37. The summed E-state index contributed by atoms with van der Waals surface area (Å²) >= 11 is 6.14. The van der Waals surface area contributed by atoms with Crippen molar-refractivity contribution < 1.29 is 23.9 Å². The van der Waals surface area contributed by atoms with Crippen LogP contribution >= 0.6 is 11.6 Å². The predicted octanol–water partition coefficient (Wildman–Crippen LogP) is 3.82. The minimum atomic E-state index is -0.951. The number of rotatable bonds is 6. The van der Waals surface area contributed by atoms with E-state index in [9.17, 15) is 14.4 Å². The minimum Gasteiger partial charge on any atom is -0.497 e. The lowest BCUT2D eigenvalue weighted by Gasteiger charge is -2.20. The van der Waals surface area contributed by atoms with Crippen molar-refractivity contribution in [3.8, 4) is 5.75 Å². The van der Waals surface area contributed by atoms with Gasteiger partial charge in [0.25, 0.3) is 0 Å². The molecule has 0 N–H and O–H groups in total. The number of benzene rings is 2. The number of nitrogens with zero attached hydrogens (tertiary/aromatic N) is 1.